The average Bonchev–Trinajstić information content (AvgIpc) is 2.57. The Labute approximate surface area is 146 Å². The van der Waals surface area contributed by atoms with E-state index in [1.807, 2.05) is 30.3 Å². The zero-order valence-corrected chi connectivity index (χ0v) is 15.6. The molecule has 0 N–H and O–H groups in total. The monoisotopic (exact) mass is 378 g/mol. The van der Waals surface area contributed by atoms with Gasteiger partial charge in [-0.1, -0.05) is 0 Å². The van der Waals surface area contributed by atoms with Crippen LogP contribution in [0.2, 0.25) is 0 Å². The summed E-state index contributed by atoms with van der Waals surface area (Å²) in [7, 11) is 0. The second kappa shape index (κ2) is 10.5. The van der Waals surface area contributed by atoms with Crippen LogP contribution in [0.4, 0.5) is 4.79 Å². The van der Waals surface area contributed by atoms with Crippen molar-refractivity contribution in [2.24, 2.45) is 5.92 Å². The Hall–Kier alpha value is -1.23. The molecule has 2 atom stereocenters. The van der Waals surface area contributed by atoms with Crippen LogP contribution in [0.1, 0.15) is 58.3 Å². The predicted molar refractivity (Wildman–Crippen MR) is 96.0 cm³/mol. The molecule has 0 aliphatic heterocycles. The van der Waals surface area contributed by atoms with Crippen molar-refractivity contribution in [1.29, 1.82) is 0 Å². The Bertz CT molecular complexity index is 530. The second-order valence-electron chi connectivity index (χ2n) is 5.99. The molecule has 2 nitrogen and oxygen atoms in total. The zero-order valence-electron chi connectivity index (χ0n) is 13.9. The summed E-state index contributed by atoms with van der Waals surface area (Å²) < 4.78 is 6.84. The molecule has 1 aliphatic rings. The first-order valence-corrected chi connectivity index (χ1v) is 10.4. The number of carbonyl (C=O) groups is 1. The quantitative estimate of drug-likeness (QED) is 0.420. The molecule has 0 saturated heterocycles. The van der Waals surface area contributed by atoms with Crippen molar-refractivity contribution in [2.75, 3.05) is 0 Å². The van der Waals surface area contributed by atoms with Crippen molar-refractivity contribution in [3.8, 4) is 11.8 Å². The first kappa shape index (κ1) is 18.1. The van der Waals surface area contributed by atoms with Crippen LogP contribution in [-0.2, 0) is 4.74 Å². The summed E-state index contributed by atoms with van der Waals surface area (Å²) in [5.74, 6) is 6.92. The number of hydrogen-bond acceptors (Lipinski definition) is 2. The maximum atomic E-state index is 12.2. The van der Waals surface area contributed by atoms with Crippen LogP contribution in [-0.4, -0.2) is 25.9 Å². The van der Waals surface area contributed by atoms with Crippen molar-refractivity contribution in [3.63, 3.8) is 0 Å². The molecule has 0 unspecified atom stereocenters. The molecule has 0 heterocycles. The molecule has 1 aromatic rings. The van der Waals surface area contributed by atoms with Gasteiger partial charge in [0.15, 0.2) is 0 Å². The van der Waals surface area contributed by atoms with E-state index in [0.717, 1.165) is 30.1 Å². The summed E-state index contributed by atoms with van der Waals surface area (Å²) in [5, 5.41) is 0. The fraction of sp³-hybridized carbons (Fsp3) is 0.550. The van der Waals surface area contributed by atoms with E-state index in [0.29, 0.717) is 0 Å². The topological polar surface area (TPSA) is 26.3 Å². The summed E-state index contributed by atoms with van der Waals surface area (Å²) in [5.41, 5.74) is 0. The number of carbonyl (C=O) groups excluding carboxylic acids is 1. The number of rotatable bonds is 6. The van der Waals surface area contributed by atoms with E-state index in [4.69, 9.17) is 4.74 Å². The van der Waals surface area contributed by atoms with Crippen LogP contribution in [0.5, 0.6) is 0 Å². The van der Waals surface area contributed by atoms with Gasteiger partial charge in [-0.3, -0.25) is 0 Å². The van der Waals surface area contributed by atoms with Crippen LogP contribution in [0.25, 0.3) is 0 Å². The summed E-state index contributed by atoms with van der Waals surface area (Å²) in [4.78, 5) is 12.1. The molecular formula is C20H26O2Se. The Morgan fingerprint density at radius 1 is 1.22 bits per heavy atom. The molecule has 0 amide bonds. The Balaban J connectivity index is 1.84. The number of unbranched alkanes of at least 4 members (excludes halogenated alkanes) is 3. The molecular weight excluding hydrogens is 351 g/mol. The molecule has 0 radical (unpaired) electrons. The minimum absolute atomic E-state index is 0.000474. The van der Waals surface area contributed by atoms with Crippen LogP contribution >= 0.6 is 0 Å². The van der Waals surface area contributed by atoms with Gasteiger partial charge in [0.1, 0.15) is 0 Å². The van der Waals surface area contributed by atoms with E-state index in [1.54, 1.807) is 0 Å². The molecule has 2 rings (SSSR count). The number of ether oxygens (including phenoxy) is 1. The fourth-order valence-corrected chi connectivity index (χ4v) is 4.18. The van der Waals surface area contributed by atoms with Gasteiger partial charge in [0.2, 0.25) is 0 Å². The molecule has 0 bridgehead atoms. The van der Waals surface area contributed by atoms with Gasteiger partial charge in [-0.2, -0.15) is 0 Å². The molecule has 0 spiro atoms. The number of hydrogen-bond donors (Lipinski definition) is 0. The van der Waals surface area contributed by atoms with Crippen LogP contribution in [0.3, 0.4) is 0 Å². The molecule has 1 aliphatic carbocycles. The molecule has 1 aromatic carbocycles. The van der Waals surface area contributed by atoms with Crippen molar-refractivity contribution >= 4 is 24.3 Å². The van der Waals surface area contributed by atoms with Gasteiger partial charge >= 0.3 is 146 Å². The number of benzene rings is 1. The predicted octanol–water partition coefficient (Wildman–Crippen LogP) is 4.30. The molecule has 1 fully saturated rings. The molecule has 0 aromatic heterocycles. The van der Waals surface area contributed by atoms with Crippen LogP contribution < -0.4 is 4.46 Å². The SMILES string of the molecule is CCCCCC#C[C@@H]1CCCC[C@H]1OC(=O)[Se]c1ccccc1. The third-order valence-corrected chi connectivity index (χ3v) is 5.70. The Morgan fingerprint density at radius 3 is 2.78 bits per heavy atom. The molecule has 23 heavy (non-hydrogen) atoms. The van der Waals surface area contributed by atoms with E-state index in [2.05, 4.69) is 18.8 Å². The van der Waals surface area contributed by atoms with Crippen LogP contribution in [0, 0.1) is 17.8 Å². The van der Waals surface area contributed by atoms with Crippen LogP contribution in [0.15, 0.2) is 30.3 Å². The van der Waals surface area contributed by atoms with Crippen molar-refractivity contribution in [2.45, 2.75) is 64.4 Å². The normalized spacial score (nSPS) is 20.4. The van der Waals surface area contributed by atoms with Gasteiger partial charge in [-0.25, -0.2) is 0 Å². The fourth-order valence-electron chi connectivity index (χ4n) is 2.80. The van der Waals surface area contributed by atoms with Crippen molar-refractivity contribution in [3.05, 3.63) is 30.3 Å². The van der Waals surface area contributed by atoms with E-state index in [9.17, 15) is 4.79 Å². The van der Waals surface area contributed by atoms with E-state index >= 15 is 0 Å². The summed E-state index contributed by atoms with van der Waals surface area (Å²) >= 11 is -0.252. The van der Waals surface area contributed by atoms with Gasteiger partial charge in [0.25, 0.3) is 0 Å². The van der Waals surface area contributed by atoms with E-state index in [1.165, 1.54) is 25.7 Å². The third-order valence-electron chi connectivity index (χ3n) is 4.09. The van der Waals surface area contributed by atoms with Gasteiger partial charge in [0.05, 0.1) is 0 Å². The Morgan fingerprint density at radius 2 is 2.00 bits per heavy atom. The maximum absolute atomic E-state index is 12.2. The second-order valence-corrected chi connectivity index (χ2v) is 8.11. The van der Waals surface area contributed by atoms with Crippen molar-refractivity contribution < 1.29 is 9.53 Å². The first-order valence-electron chi connectivity index (χ1n) is 8.71. The zero-order chi connectivity index (χ0) is 16.3. The first-order chi connectivity index (χ1) is 11.3. The van der Waals surface area contributed by atoms with Crippen molar-refractivity contribution in [1.82, 2.24) is 0 Å². The van der Waals surface area contributed by atoms with E-state index in [-0.39, 0.29) is 31.8 Å². The summed E-state index contributed by atoms with van der Waals surface area (Å²) in [6.45, 7) is 2.21. The molecule has 124 valence electrons. The van der Waals surface area contributed by atoms with Gasteiger partial charge in [0, 0.05) is 0 Å². The minimum atomic E-state index is -0.252. The Kier molecular flexibility index (Phi) is 8.29. The average molecular weight is 377 g/mol. The molecule has 1 saturated carbocycles. The van der Waals surface area contributed by atoms with Gasteiger partial charge in [-0.15, -0.1) is 0 Å². The van der Waals surface area contributed by atoms with Gasteiger partial charge in [-0.05, 0) is 0 Å². The molecule has 3 heteroatoms. The third kappa shape index (κ3) is 6.81. The standard InChI is InChI=1S/C20H26O2Se/c1-2-3-4-5-7-12-17-13-10-11-16-19(17)22-20(21)23-18-14-8-6-9-15-18/h6,8-9,14-15,17,19H,2-5,10-11,13,16H2,1H3/t17-,19-/m1/s1. The van der Waals surface area contributed by atoms with Gasteiger partial charge < -0.3 is 0 Å². The summed E-state index contributed by atoms with van der Waals surface area (Å²) in [6.07, 6.45) is 9.00. The van der Waals surface area contributed by atoms with E-state index < -0.39 is 0 Å². The summed E-state index contributed by atoms with van der Waals surface area (Å²) in [6, 6.07) is 9.89.